The second-order valence-corrected chi connectivity index (χ2v) is 7.71. The van der Waals surface area contributed by atoms with Crippen LogP contribution in [0.5, 0.6) is 0 Å². The van der Waals surface area contributed by atoms with E-state index in [1.54, 1.807) is 0 Å². The number of fused-ring (bicyclic) bond motifs is 1. The predicted molar refractivity (Wildman–Crippen MR) is 104 cm³/mol. The summed E-state index contributed by atoms with van der Waals surface area (Å²) in [7, 11) is 2.06. The van der Waals surface area contributed by atoms with E-state index in [0.717, 1.165) is 0 Å². The third-order valence-electron chi connectivity index (χ3n) is 5.04. The molecule has 0 bridgehead atoms. The average Bonchev–Trinajstić information content (AvgIpc) is 2.51. The van der Waals surface area contributed by atoms with E-state index in [2.05, 4.69) is 85.1 Å². The van der Waals surface area contributed by atoms with Crippen LogP contribution in [-0.4, -0.2) is 7.05 Å². The van der Waals surface area contributed by atoms with E-state index in [0.29, 0.717) is 23.8 Å². The quantitative estimate of drug-likeness (QED) is 0.665. The summed E-state index contributed by atoms with van der Waals surface area (Å²) >= 11 is 0. The molecular weight excluding hydrogens is 278 g/mol. The summed E-state index contributed by atoms with van der Waals surface area (Å²) in [5.74, 6) is 1.64. The maximum Gasteiger partial charge on any atom is 0.0298 e. The molecule has 1 heteroatoms. The van der Waals surface area contributed by atoms with Gasteiger partial charge in [-0.05, 0) is 64.8 Å². The Morgan fingerprint density at radius 1 is 0.609 bits per heavy atom. The Morgan fingerprint density at radius 3 is 1.43 bits per heavy atom. The fourth-order valence-corrected chi connectivity index (χ4v) is 3.76. The van der Waals surface area contributed by atoms with E-state index in [1.165, 1.54) is 33.0 Å². The van der Waals surface area contributed by atoms with Gasteiger partial charge < -0.3 is 5.32 Å². The molecule has 2 aromatic carbocycles. The van der Waals surface area contributed by atoms with Crippen molar-refractivity contribution in [1.29, 1.82) is 0 Å². The molecule has 0 aromatic heterocycles. The first kappa shape index (κ1) is 18.0. The number of hydrogen-bond donors (Lipinski definition) is 1. The van der Waals surface area contributed by atoms with Gasteiger partial charge in [0.25, 0.3) is 0 Å². The lowest BCUT2D eigenvalue weighted by Crippen LogP contribution is -2.16. The summed E-state index contributed by atoms with van der Waals surface area (Å²) in [5.41, 5.74) is 5.95. The van der Waals surface area contributed by atoms with Crippen molar-refractivity contribution < 1.29 is 0 Å². The molecule has 0 saturated carbocycles. The molecule has 0 aliphatic carbocycles. The second-order valence-electron chi connectivity index (χ2n) is 7.71. The summed E-state index contributed by atoms with van der Waals surface area (Å²) in [6.45, 7) is 16.1. The van der Waals surface area contributed by atoms with Crippen molar-refractivity contribution in [2.75, 3.05) is 7.05 Å². The standard InChI is InChI=1S/C22H33N/c1-13(2)17-9-12-20-19(21(17)15(5)6)11-10-18(14(3)4)22(20)16(7)23-8/h9-16,23H,1-8H3. The molecule has 2 aromatic rings. The first-order valence-corrected chi connectivity index (χ1v) is 9.06. The van der Waals surface area contributed by atoms with E-state index in [-0.39, 0.29) is 0 Å². The molecule has 1 N–H and O–H groups in total. The topological polar surface area (TPSA) is 12.0 Å². The fraction of sp³-hybridized carbons (Fsp3) is 0.545. The zero-order valence-corrected chi connectivity index (χ0v) is 16.1. The van der Waals surface area contributed by atoms with Crippen molar-refractivity contribution in [3.63, 3.8) is 0 Å². The molecule has 1 nitrogen and oxygen atoms in total. The molecule has 0 saturated heterocycles. The maximum absolute atomic E-state index is 3.45. The van der Waals surface area contributed by atoms with Gasteiger partial charge in [-0.1, -0.05) is 65.8 Å². The van der Waals surface area contributed by atoms with Crippen molar-refractivity contribution in [1.82, 2.24) is 5.32 Å². The Hall–Kier alpha value is -1.34. The second kappa shape index (κ2) is 7.05. The largest absolute Gasteiger partial charge is 0.313 e. The zero-order valence-electron chi connectivity index (χ0n) is 16.1. The Morgan fingerprint density at radius 2 is 1.04 bits per heavy atom. The van der Waals surface area contributed by atoms with Gasteiger partial charge in [0.1, 0.15) is 0 Å². The van der Waals surface area contributed by atoms with Crippen LogP contribution >= 0.6 is 0 Å². The van der Waals surface area contributed by atoms with Crippen LogP contribution in [0.25, 0.3) is 10.8 Å². The zero-order chi connectivity index (χ0) is 17.3. The predicted octanol–water partition coefficient (Wildman–Crippen LogP) is 6.49. The SMILES string of the molecule is CNC(C)c1c(C(C)C)ccc2c(C(C)C)c(C(C)C)ccc12. The van der Waals surface area contributed by atoms with Gasteiger partial charge in [0.2, 0.25) is 0 Å². The molecule has 1 atom stereocenters. The number of rotatable bonds is 5. The molecule has 0 amide bonds. The van der Waals surface area contributed by atoms with Crippen molar-refractivity contribution in [2.24, 2.45) is 0 Å². The summed E-state index contributed by atoms with van der Waals surface area (Å²) in [5, 5.41) is 6.31. The lowest BCUT2D eigenvalue weighted by Gasteiger charge is -2.25. The Bertz CT molecular complexity index is 680. The van der Waals surface area contributed by atoms with Crippen molar-refractivity contribution in [3.05, 3.63) is 46.5 Å². The molecule has 0 spiro atoms. The molecular formula is C22H33N. The highest BCUT2D eigenvalue weighted by Crippen LogP contribution is 2.38. The van der Waals surface area contributed by atoms with Crippen LogP contribution in [0, 0.1) is 0 Å². The van der Waals surface area contributed by atoms with E-state index in [1.807, 2.05) is 0 Å². The summed E-state index contributed by atoms with van der Waals surface area (Å²) in [6, 6.07) is 9.79. The molecule has 23 heavy (non-hydrogen) atoms. The highest BCUT2D eigenvalue weighted by atomic mass is 14.9. The van der Waals surface area contributed by atoms with Gasteiger partial charge in [0.05, 0.1) is 0 Å². The van der Waals surface area contributed by atoms with Crippen LogP contribution in [-0.2, 0) is 0 Å². The van der Waals surface area contributed by atoms with Crippen LogP contribution in [0.1, 0.15) is 94.5 Å². The molecule has 0 aliphatic rings. The first-order valence-electron chi connectivity index (χ1n) is 9.06. The van der Waals surface area contributed by atoms with E-state index < -0.39 is 0 Å². The summed E-state index contributed by atoms with van der Waals surface area (Å²) in [6.07, 6.45) is 0. The first-order chi connectivity index (χ1) is 10.8. The summed E-state index contributed by atoms with van der Waals surface area (Å²) < 4.78 is 0. The minimum absolute atomic E-state index is 0.362. The van der Waals surface area contributed by atoms with Crippen molar-refractivity contribution >= 4 is 10.8 Å². The van der Waals surface area contributed by atoms with E-state index in [4.69, 9.17) is 0 Å². The van der Waals surface area contributed by atoms with Crippen LogP contribution in [0.4, 0.5) is 0 Å². The van der Waals surface area contributed by atoms with Gasteiger partial charge in [-0.3, -0.25) is 0 Å². The third-order valence-corrected chi connectivity index (χ3v) is 5.04. The molecule has 0 radical (unpaired) electrons. The van der Waals surface area contributed by atoms with Gasteiger partial charge in [0, 0.05) is 6.04 Å². The minimum atomic E-state index is 0.362. The van der Waals surface area contributed by atoms with Gasteiger partial charge in [-0.15, -0.1) is 0 Å². The van der Waals surface area contributed by atoms with Crippen molar-refractivity contribution in [2.45, 2.75) is 72.3 Å². The number of benzene rings is 2. The Balaban J connectivity index is 2.90. The highest BCUT2D eigenvalue weighted by molar-refractivity contribution is 5.91. The van der Waals surface area contributed by atoms with Gasteiger partial charge in [-0.25, -0.2) is 0 Å². The van der Waals surface area contributed by atoms with Crippen LogP contribution < -0.4 is 5.32 Å². The van der Waals surface area contributed by atoms with Gasteiger partial charge >= 0.3 is 0 Å². The van der Waals surface area contributed by atoms with Crippen LogP contribution in [0.3, 0.4) is 0 Å². The Labute approximate surface area is 142 Å². The van der Waals surface area contributed by atoms with Crippen LogP contribution in [0.15, 0.2) is 24.3 Å². The lowest BCUT2D eigenvalue weighted by atomic mass is 9.82. The third kappa shape index (κ3) is 3.30. The van der Waals surface area contributed by atoms with Crippen molar-refractivity contribution in [3.8, 4) is 0 Å². The average molecular weight is 312 g/mol. The normalized spacial score (nSPS) is 13.5. The monoisotopic (exact) mass is 311 g/mol. The van der Waals surface area contributed by atoms with E-state index in [9.17, 15) is 0 Å². The summed E-state index contributed by atoms with van der Waals surface area (Å²) in [4.78, 5) is 0. The van der Waals surface area contributed by atoms with E-state index >= 15 is 0 Å². The molecule has 0 heterocycles. The molecule has 1 unspecified atom stereocenters. The molecule has 126 valence electrons. The smallest absolute Gasteiger partial charge is 0.0298 e. The minimum Gasteiger partial charge on any atom is -0.313 e. The molecule has 0 fully saturated rings. The fourth-order valence-electron chi connectivity index (χ4n) is 3.76. The number of nitrogens with one attached hydrogen (secondary N) is 1. The molecule has 0 aliphatic heterocycles. The van der Waals surface area contributed by atoms with Gasteiger partial charge in [-0.2, -0.15) is 0 Å². The van der Waals surface area contributed by atoms with Crippen LogP contribution in [0.2, 0.25) is 0 Å². The highest BCUT2D eigenvalue weighted by Gasteiger charge is 2.20. The lowest BCUT2D eigenvalue weighted by molar-refractivity contribution is 0.643. The maximum atomic E-state index is 3.45. The Kier molecular flexibility index (Phi) is 5.52. The van der Waals surface area contributed by atoms with Gasteiger partial charge in [0.15, 0.2) is 0 Å². The molecule has 2 rings (SSSR count). The number of hydrogen-bond acceptors (Lipinski definition) is 1.